The molecule has 1 aromatic carbocycles. The van der Waals surface area contributed by atoms with Gasteiger partial charge in [-0.25, -0.2) is 9.37 Å². The number of carbonyl (C=O) groups is 1. The van der Waals surface area contributed by atoms with E-state index in [1.165, 1.54) is 29.5 Å². The molecule has 3 aromatic rings. The standard InChI is InChI=1S/C20H17F4N3OS/c1-9-6-7-10-13(8-9)29-19-14(10)16(20(22,23)24)15(17(25)27-19)18(28)26-12-5-3-2-4-11(12)21/h2-5,9H,6-8H2,1H3,(H2,25,27)(H,26,28)/t9-/m1/s1. The Morgan fingerprint density at radius 2 is 2.03 bits per heavy atom. The number of halogens is 4. The fourth-order valence-corrected chi connectivity index (χ4v) is 5.15. The van der Waals surface area contributed by atoms with E-state index in [1.807, 2.05) is 6.92 Å². The fourth-order valence-electron chi connectivity index (χ4n) is 3.75. The third-order valence-electron chi connectivity index (χ3n) is 5.10. The Kier molecular flexibility index (Phi) is 4.72. The number of hydrogen-bond acceptors (Lipinski definition) is 4. The molecular weight excluding hydrogens is 406 g/mol. The van der Waals surface area contributed by atoms with Crippen LogP contribution < -0.4 is 11.1 Å². The van der Waals surface area contributed by atoms with Crippen molar-refractivity contribution in [3.63, 3.8) is 0 Å². The van der Waals surface area contributed by atoms with Crippen LogP contribution in [0.25, 0.3) is 10.2 Å². The number of nitrogens with zero attached hydrogens (tertiary/aromatic N) is 1. The molecule has 0 saturated carbocycles. The van der Waals surface area contributed by atoms with Crippen LogP contribution >= 0.6 is 11.3 Å². The van der Waals surface area contributed by atoms with E-state index in [0.29, 0.717) is 24.3 Å². The van der Waals surface area contributed by atoms with Gasteiger partial charge in [-0.2, -0.15) is 13.2 Å². The van der Waals surface area contributed by atoms with Crippen molar-refractivity contribution in [2.24, 2.45) is 5.92 Å². The van der Waals surface area contributed by atoms with Crippen LogP contribution in [0.1, 0.15) is 39.7 Å². The van der Waals surface area contributed by atoms with E-state index >= 15 is 0 Å². The van der Waals surface area contributed by atoms with E-state index in [-0.39, 0.29) is 15.9 Å². The van der Waals surface area contributed by atoms with E-state index in [4.69, 9.17) is 5.73 Å². The van der Waals surface area contributed by atoms with Crippen LogP contribution in [0, 0.1) is 11.7 Å². The highest BCUT2D eigenvalue weighted by Gasteiger charge is 2.41. The predicted molar refractivity (Wildman–Crippen MR) is 105 cm³/mol. The van der Waals surface area contributed by atoms with Gasteiger partial charge in [0.1, 0.15) is 16.5 Å². The van der Waals surface area contributed by atoms with Crippen LogP contribution in [-0.2, 0) is 19.0 Å². The number of nitrogens with two attached hydrogens (primary N) is 1. The zero-order valence-electron chi connectivity index (χ0n) is 15.4. The lowest BCUT2D eigenvalue weighted by atomic mass is 9.87. The van der Waals surface area contributed by atoms with Gasteiger partial charge in [0.05, 0.1) is 16.8 Å². The average molecular weight is 423 g/mol. The second-order valence-electron chi connectivity index (χ2n) is 7.21. The molecule has 2 heterocycles. The molecule has 29 heavy (non-hydrogen) atoms. The van der Waals surface area contributed by atoms with Gasteiger partial charge in [-0.15, -0.1) is 11.3 Å². The number of fused-ring (bicyclic) bond motifs is 3. The molecule has 0 aliphatic heterocycles. The molecule has 4 nitrogen and oxygen atoms in total. The van der Waals surface area contributed by atoms with Gasteiger partial charge >= 0.3 is 6.18 Å². The van der Waals surface area contributed by atoms with Crippen LogP contribution in [0.5, 0.6) is 0 Å². The lowest BCUT2D eigenvalue weighted by Crippen LogP contribution is -2.22. The Balaban J connectivity index is 1.93. The van der Waals surface area contributed by atoms with E-state index in [9.17, 15) is 22.4 Å². The minimum absolute atomic E-state index is 0.0581. The number of nitrogen functional groups attached to an aromatic ring is 1. The number of thiophene rings is 1. The second kappa shape index (κ2) is 6.98. The first-order valence-electron chi connectivity index (χ1n) is 9.03. The summed E-state index contributed by atoms with van der Waals surface area (Å²) in [6.07, 6.45) is -2.91. The first-order chi connectivity index (χ1) is 13.7. The molecule has 2 aromatic heterocycles. The maximum absolute atomic E-state index is 14.1. The summed E-state index contributed by atoms with van der Waals surface area (Å²) in [6, 6.07) is 5.23. The van der Waals surface area contributed by atoms with Crippen LogP contribution in [0.15, 0.2) is 24.3 Å². The first kappa shape index (κ1) is 19.6. The number of hydrogen-bond donors (Lipinski definition) is 2. The summed E-state index contributed by atoms with van der Waals surface area (Å²) in [5.41, 5.74) is 4.29. The monoisotopic (exact) mass is 423 g/mol. The molecular formula is C20H17F4N3OS. The molecule has 1 atom stereocenters. The van der Waals surface area contributed by atoms with Gasteiger partial charge in [0.15, 0.2) is 0 Å². The number of aromatic nitrogens is 1. The zero-order valence-corrected chi connectivity index (χ0v) is 16.2. The van der Waals surface area contributed by atoms with Crippen LogP contribution in [0.2, 0.25) is 0 Å². The van der Waals surface area contributed by atoms with Crippen molar-refractivity contribution < 1.29 is 22.4 Å². The molecule has 1 aliphatic carbocycles. The lowest BCUT2D eigenvalue weighted by molar-refractivity contribution is -0.136. The molecule has 0 fully saturated rings. The van der Waals surface area contributed by atoms with Gasteiger partial charge in [-0.05, 0) is 42.9 Å². The zero-order chi connectivity index (χ0) is 20.9. The summed E-state index contributed by atoms with van der Waals surface area (Å²) in [5.74, 6) is -2.06. The Labute approximate surface area is 167 Å². The summed E-state index contributed by atoms with van der Waals surface area (Å²) in [7, 11) is 0. The van der Waals surface area contributed by atoms with Crippen LogP contribution in [0.3, 0.4) is 0 Å². The molecule has 0 spiro atoms. The van der Waals surface area contributed by atoms with Gasteiger partial charge in [0.2, 0.25) is 0 Å². The number of carbonyl (C=O) groups excluding carboxylic acids is 1. The number of pyridine rings is 1. The van der Waals surface area contributed by atoms with Crippen molar-refractivity contribution in [3.05, 3.63) is 51.7 Å². The number of nitrogens with one attached hydrogen (secondary N) is 1. The number of amides is 1. The summed E-state index contributed by atoms with van der Waals surface area (Å²) in [6.45, 7) is 2.05. The molecule has 152 valence electrons. The smallest absolute Gasteiger partial charge is 0.383 e. The predicted octanol–water partition coefficient (Wildman–Crippen LogP) is 5.41. The van der Waals surface area contributed by atoms with Crippen molar-refractivity contribution in [2.75, 3.05) is 11.1 Å². The summed E-state index contributed by atoms with van der Waals surface area (Å²) in [5, 5.41) is 2.14. The highest BCUT2D eigenvalue weighted by molar-refractivity contribution is 7.18. The van der Waals surface area contributed by atoms with Crippen molar-refractivity contribution in [1.29, 1.82) is 0 Å². The second-order valence-corrected chi connectivity index (χ2v) is 8.29. The maximum atomic E-state index is 14.1. The van der Waals surface area contributed by atoms with E-state index < -0.39 is 34.8 Å². The summed E-state index contributed by atoms with van der Waals surface area (Å²) >= 11 is 1.19. The number of benzene rings is 1. The van der Waals surface area contributed by atoms with E-state index in [0.717, 1.165) is 17.4 Å². The number of alkyl halides is 3. The maximum Gasteiger partial charge on any atom is 0.418 e. The number of aryl methyl sites for hydroxylation is 1. The number of para-hydroxylation sites is 1. The lowest BCUT2D eigenvalue weighted by Gasteiger charge is -2.20. The summed E-state index contributed by atoms with van der Waals surface area (Å²) < 4.78 is 56.3. The highest BCUT2D eigenvalue weighted by Crippen LogP contribution is 2.46. The fraction of sp³-hybridized carbons (Fsp3) is 0.300. The highest BCUT2D eigenvalue weighted by atomic mass is 32.1. The van der Waals surface area contributed by atoms with Gasteiger partial charge in [-0.3, -0.25) is 4.79 Å². The Hall–Kier alpha value is -2.68. The Morgan fingerprint density at radius 1 is 1.31 bits per heavy atom. The average Bonchev–Trinajstić information content (AvgIpc) is 2.97. The topological polar surface area (TPSA) is 68.0 Å². The van der Waals surface area contributed by atoms with Crippen molar-refractivity contribution in [1.82, 2.24) is 4.98 Å². The van der Waals surface area contributed by atoms with E-state index in [1.54, 1.807) is 0 Å². The number of anilines is 2. The third-order valence-corrected chi connectivity index (χ3v) is 6.25. The largest absolute Gasteiger partial charge is 0.418 e. The Morgan fingerprint density at radius 3 is 2.72 bits per heavy atom. The summed E-state index contributed by atoms with van der Waals surface area (Å²) in [4.78, 5) is 17.9. The third kappa shape index (κ3) is 3.43. The number of rotatable bonds is 2. The Bertz CT molecular complexity index is 1120. The van der Waals surface area contributed by atoms with Crippen molar-refractivity contribution >= 4 is 39.0 Å². The van der Waals surface area contributed by atoms with Gasteiger partial charge in [0.25, 0.3) is 5.91 Å². The van der Waals surface area contributed by atoms with Crippen molar-refractivity contribution in [3.8, 4) is 0 Å². The van der Waals surface area contributed by atoms with Gasteiger partial charge in [0, 0.05) is 10.3 Å². The molecule has 0 saturated heterocycles. The molecule has 9 heteroatoms. The van der Waals surface area contributed by atoms with Crippen molar-refractivity contribution in [2.45, 2.75) is 32.4 Å². The first-order valence-corrected chi connectivity index (χ1v) is 9.85. The van der Waals surface area contributed by atoms with Crippen LogP contribution in [0.4, 0.5) is 29.1 Å². The van der Waals surface area contributed by atoms with Crippen LogP contribution in [-0.4, -0.2) is 10.9 Å². The minimum atomic E-state index is -4.82. The molecule has 0 bridgehead atoms. The van der Waals surface area contributed by atoms with Gasteiger partial charge < -0.3 is 11.1 Å². The van der Waals surface area contributed by atoms with Gasteiger partial charge in [-0.1, -0.05) is 19.1 Å². The molecule has 1 aliphatic rings. The molecule has 0 radical (unpaired) electrons. The minimum Gasteiger partial charge on any atom is -0.383 e. The molecule has 1 amide bonds. The SMILES string of the molecule is C[C@@H]1CCc2c(sc3nc(N)c(C(=O)Nc4ccccc4F)c(C(F)(F)F)c23)C1. The normalized spacial score (nSPS) is 16.7. The molecule has 4 rings (SSSR count). The quantitative estimate of drug-likeness (QED) is 0.542. The molecule has 3 N–H and O–H groups in total. The van der Waals surface area contributed by atoms with E-state index in [2.05, 4.69) is 10.3 Å². The molecule has 0 unspecified atom stereocenters.